The molecule has 5 N–H and O–H groups in total. The third-order valence-corrected chi connectivity index (χ3v) is 5.55. The van der Waals surface area contributed by atoms with Crippen molar-refractivity contribution < 1.29 is 9.90 Å². The predicted molar refractivity (Wildman–Crippen MR) is 78.4 cm³/mol. The van der Waals surface area contributed by atoms with Crippen LogP contribution in [0.5, 0.6) is 0 Å². The second kappa shape index (κ2) is 4.53. The third kappa shape index (κ3) is 2.57. The van der Waals surface area contributed by atoms with Gasteiger partial charge in [-0.2, -0.15) is 0 Å². The van der Waals surface area contributed by atoms with Crippen LogP contribution in [0.25, 0.3) is 0 Å². The van der Waals surface area contributed by atoms with E-state index in [4.69, 9.17) is 11.5 Å². The van der Waals surface area contributed by atoms with Gasteiger partial charge in [0.1, 0.15) is 13.4 Å². The molecule has 0 aromatic carbocycles. The molecule has 0 amide bonds. The first-order valence-electron chi connectivity index (χ1n) is 6.41. The minimum absolute atomic E-state index is 0.113. The van der Waals surface area contributed by atoms with Crippen molar-refractivity contribution in [2.45, 2.75) is 64.9 Å². The molecule has 106 valence electrons. The molecule has 0 radical (unpaired) electrons. The van der Waals surface area contributed by atoms with E-state index in [1.807, 2.05) is 42.5 Å². The van der Waals surface area contributed by atoms with Gasteiger partial charge in [-0.05, 0) is 37.4 Å². The van der Waals surface area contributed by atoms with Gasteiger partial charge in [0.2, 0.25) is 0 Å². The van der Waals surface area contributed by atoms with Gasteiger partial charge in [-0.3, -0.25) is 4.79 Å². The van der Waals surface area contributed by atoms with Gasteiger partial charge in [-0.1, -0.05) is 27.7 Å². The van der Waals surface area contributed by atoms with E-state index in [0.717, 1.165) is 0 Å². The molecule has 0 aliphatic heterocycles. The van der Waals surface area contributed by atoms with E-state index >= 15 is 0 Å². The average molecular weight is 256 g/mol. The minimum Gasteiger partial charge on any atom is -0.480 e. The molecule has 0 rings (SSSR count). The van der Waals surface area contributed by atoms with Gasteiger partial charge >= 0.3 is 5.97 Å². The number of carboxylic acid groups (broad SMARTS) is 1. The Bertz CT molecular complexity index is 330. The standard InChI is InChI=1S/C13H29BN2O2/c1-8(11(4,5)15)10(2,3)13(7,14)12(6,16)9(17)18/h8H,14-16H2,1-7H3,(H,17,18). The molecule has 0 saturated carbocycles. The highest BCUT2D eigenvalue weighted by atomic mass is 16.4. The highest BCUT2D eigenvalue weighted by Crippen LogP contribution is 2.55. The van der Waals surface area contributed by atoms with Crippen molar-refractivity contribution in [2.24, 2.45) is 22.8 Å². The first kappa shape index (κ1) is 17.5. The van der Waals surface area contributed by atoms with Crippen LogP contribution in [-0.2, 0) is 4.79 Å². The summed E-state index contributed by atoms with van der Waals surface area (Å²) in [6.45, 7) is 13.5. The Hall–Kier alpha value is -0.545. The lowest BCUT2D eigenvalue weighted by Gasteiger charge is -2.55. The number of carboxylic acids is 1. The van der Waals surface area contributed by atoms with Gasteiger partial charge < -0.3 is 16.6 Å². The molecule has 0 fully saturated rings. The van der Waals surface area contributed by atoms with Gasteiger partial charge in [-0.15, -0.1) is 0 Å². The summed E-state index contributed by atoms with van der Waals surface area (Å²) in [6, 6.07) is 0. The number of hydrogen-bond donors (Lipinski definition) is 3. The molecule has 5 heteroatoms. The molecule has 3 atom stereocenters. The summed E-state index contributed by atoms with van der Waals surface area (Å²) in [7, 11) is 1.91. The maximum atomic E-state index is 11.4. The Morgan fingerprint density at radius 3 is 1.67 bits per heavy atom. The fourth-order valence-corrected chi connectivity index (χ4v) is 2.41. The normalized spacial score (nSPS) is 21.8. The van der Waals surface area contributed by atoms with Crippen molar-refractivity contribution in [2.75, 3.05) is 0 Å². The van der Waals surface area contributed by atoms with E-state index in [-0.39, 0.29) is 11.3 Å². The number of rotatable bonds is 5. The van der Waals surface area contributed by atoms with Crippen molar-refractivity contribution in [3.05, 3.63) is 0 Å². The quantitative estimate of drug-likeness (QED) is 0.640. The topological polar surface area (TPSA) is 89.3 Å². The van der Waals surface area contributed by atoms with Crippen LogP contribution in [0.3, 0.4) is 0 Å². The third-order valence-electron chi connectivity index (χ3n) is 5.55. The Morgan fingerprint density at radius 1 is 1.11 bits per heavy atom. The van der Waals surface area contributed by atoms with Crippen LogP contribution in [0.15, 0.2) is 0 Å². The van der Waals surface area contributed by atoms with Gasteiger partial charge in [0.15, 0.2) is 0 Å². The van der Waals surface area contributed by atoms with Crippen molar-refractivity contribution in [1.29, 1.82) is 0 Å². The van der Waals surface area contributed by atoms with Crippen LogP contribution in [0, 0.1) is 11.3 Å². The largest absolute Gasteiger partial charge is 0.480 e. The van der Waals surface area contributed by atoms with E-state index < -0.39 is 22.4 Å². The van der Waals surface area contributed by atoms with Gasteiger partial charge in [0, 0.05) is 5.54 Å². The second-order valence-corrected chi connectivity index (χ2v) is 7.40. The molecule has 0 aliphatic rings. The fourth-order valence-electron chi connectivity index (χ4n) is 2.41. The zero-order valence-corrected chi connectivity index (χ0v) is 13.1. The number of nitrogens with two attached hydrogens (primary N) is 2. The lowest BCUT2D eigenvalue weighted by atomic mass is 9.42. The van der Waals surface area contributed by atoms with E-state index in [2.05, 4.69) is 6.92 Å². The summed E-state index contributed by atoms with van der Waals surface area (Å²) in [5, 5.41) is 8.76. The summed E-state index contributed by atoms with van der Waals surface area (Å²) in [5.74, 6) is -0.871. The van der Waals surface area contributed by atoms with E-state index in [9.17, 15) is 9.90 Å². The molecule has 0 aliphatic carbocycles. The van der Waals surface area contributed by atoms with E-state index in [0.29, 0.717) is 0 Å². The summed E-state index contributed by atoms with van der Waals surface area (Å²) in [5.41, 5.74) is 10.2. The van der Waals surface area contributed by atoms with Gasteiger partial charge in [0.05, 0.1) is 0 Å². The Kier molecular flexibility index (Phi) is 4.39. The van der Waals surface area contributed by atoms with Crippen molar-refractivity contribution in [1.82, 2.24) is 0 Å². The molecule has 0 heterocycles. The lowest BCUT2D eigenvalue weighted by Crippen LogP contribution is -2.62. The highest BCUT2D eigenvalue weighted by molar-refractivity contribution is 6.19. The first-order valence-corrected chi connectivity index (χ1v) is 6.41. The molecular formula is C13H29BN2O2. The van der Waals surface area contributed by atoms with Crippen LogP contribution >= 0.6 is 0 Å². The van der Waals surface area contributed by atoms with Gasteiger partial charge in [0.25, 0.3) is 0 Å². The molecular weight excluding hydrogens is 227 g/mol. The number of aliphatic carboxylic acids is 1. The van der Waals surface area contributed by atoms with Crippen LogP contribution < -0.4 is 11.5 Å². The van der Waals surface area contributed by atoms with Crippen molar-refractivity contribution in [3.63, 3.8) is 0 Å². The van der Waals surface area contributed by atoms with Crippen molar-refractivity contribution >= 4 is 13.8 Å². The molecule has 0 saturated heterocycles. The monoisotopic (exact) mass is 256 g/mol. The van der Waals surface area contributed by atoms with Crippen LogP contribution in [0.4, 0.5) is 0 Å². The summed E-state index contributed by atoms with van der Waals surface area (Å²) in [6.07, 6.45) is 0. The zero-order chi connectivity index (χ0) is 15.2. The Morgan fingerprint density at radius 2 is 1.44 bits per heavy atom. The van der Waals surface area contributed by atoms with E-state index in [1.165, 1.54) is 0 Å². The predicted octanol–water partition coefficient (Wildman–Crippen LogP) is 1.000. The van der Waals surface area contributed by atoms with E-state index in [1.54, 1.807) is 6.92 Å². The Labute approximate surface area is 112 Å². The van der Waals surface area contributed by atoms with Crippen LogP contribution in [-0.4, -0.2) is 30.0 Å². The fraction of sp³-hybridized carbons (Fsp3) is 0.923. The SMILES string of the molecule is BC(C)(C(C)(N)C(=O)O)C(C)(C)C(C)C(C)(C)N. The van der Waals surface area contributed by atoms with Crippen molar-refractivity contribution in [3.8, 4) is 0 Å². The minimum atomic E-state index is -1.31. The van der Waals surface area contributed by atoms with Crippen LogP contribution in [0.1, 0.15) is 48.5 Å². The maximum absolute atomic E-state index is 11.4. The summed E-state index contributed by atoms with van der Waals surface area (Å²) in [4.78, 5) is 11.4. The molecule has 0 spiro atoms. The first-order chi connectivity index (χ1) is 7.60. The molecule has 0 aromatic heterocycles. The summed E-state index contributed by atoms with van der Waals surface area (Å²) < 4.78 is 0. The smallest absolute Gasteiger partial charge is 0.323 e. The summed E-state index contributed by atoms with van der Waals surface area (Å²) >= 11 is 0. The maximum Gasteiger partial charge on any atom is 0.323 e. The molecule has 4 nitrogen and oxygen atoms in total. The van der Waals surface area contributed by atoms with Gasteiger partial charge in [-0.25, -0.2) is 0 Å². The number of hydrogen-bond acceptors (Lipinski definition) is 3. The average Bonchev–Trinajstić information content (AvgIpc) is 2.14. The lowest BCUT2D eigenvalue weighted by molar-refractivity contribution is -0.146. The number of carbonyl (C=O) groups is 1. The highest BCUT2D eigenvalue weighted by Gasteiger charge is 2.56. The van der Waals surface area contributed by atoms with Crippen LogP contribution in [0.2, 0.25) is 5.31 Å². The molecule has 18 heavy (non-hydrogen) atoms. The second-order valence-electron chi connectivity index (χ2n) is 7.40. The molecule has 0 bridgehead atoms. The molecule has 3 unspecified atom stereocenters. The molecule has 0 aromatic rings. The Balaban J connectivity index is 5.67. The zero-order valence-electron chi connectivity index (χ0n) is 13.1.